The molecule has 0 nitrogen and oxygen atoms in total. The summed E-state index contributed by atoms with van der Waals surface area (Å²) in [6, 6.07) is 0. The second-order valence-corrected chi connectivity index (χ2v) is 4.96. The van der Waals surface area contributed by atoms with Crippen molar-refractivity contribution in [3.05, 3.63) is 0 Å². The molecule has 0 aromatic carbocycles. The number of rotatable bonds is 4. The predicted molar refractivity (Wildman–Crippen MR) is 52.6 cm³/mol. The van der Waals surface area contributed by atoms with Crippen LogP contribution in [0.25, 0.3) is 0 Å². The van der Waals surface area contributed by atoms with Crippen LogP contribution in [-0.2, 0) is 0 Å². The van der Waals surface area contributed by atoms with Crippen LogP contribution >= 0.6 is 0 Å². The zero-order valence-corrected chi connectivity index (χ0v) is 10.1. The molecule has 2 unspecified atom stereocenters. The van der Waals surface area contributed by atoms with Crippen molar-refractivity contribution in [1.29, 1.82) is 0 Å². The van der Waals surface area contributed by atoms with Gasteiger partial charge in [0.1, 0.15) is 0 Å². The van der Waals surface area contributed by atoms with Gasteiger partial charge in [-0.2, -0.15) is 0 Å². The smallest absolute Gasteiger partial charge is 0.00740 e. The van der Waals surface area contributed by atoms with Gasteiger partial charge in [0.05, 0.1) is 0 Å². The highest BCUT2D eigenvalue weighted by Gasteiger charge is 2.15. The summed E-state index contributed by atoms with van der Waals surface area (Å²) in [4.78, 5) is 0. The van der Waals surface area contributed by atoms with E-state index in [0.29, 0.717) is 0 Å². The van der Waals surface area contributed by atoms with E-state index >= 15 is 0 Å². The summed E-state index contributed by atoms with van der Waals surface area (Å²) in [5, 5.41) is 0. The molecule has 0 aliphatic carbocycles. The Hall–Kier alpha value is 0.217. The summed E-state index contributed by atoms with van der Waals surface area (Å²) in [6.07, 6.45) is 2.72. The van der Waals surface area contributed by atoms with Crippen molar-refractivity contribution in [2.24, 2.45) is 11.8 Å². The molecule has 2 atom stereocenters. The van der Waals surface area contributed by atoms with Gasteiger partial charge in [-0.25, -0.2) is 0 Å². The van der Waals surface area contributed by atoms with Gasteiger partial charge < -0.3 is 0 Å². The molecule has 0 spiro atoms. The molecule has 0 amide bonds. The van der Waals surface area contributed by atoms with E-state index in [9.17, 15) is 0 Å². The van der Waals surface area contributed by atoms with Crippen LogP contribution in [0.15, 0.2) is 0 Å². The second kappa shape index (κ2) is 4.95. The molecular weight excluding hydrogens is 136 g/mol. The Labute approximate surface area is 68.8 Å². The second-order valence-electron chi connectivity index (χ2n) is 3.63. The maximum atomic E-state index is 2.39. The van der Waals surface area contributed by atoms with E-state index in [4.69, 9.17) is 0 Å². The lowest BCUT2D eigenvalue weighted by molar-refractivity contribution is 0.398. The van der Waals surface area contributed by atoms with Gasteiger partial charge in [-0.3, -0.25) is 0 Å². The standard InChI is InChI=1S/C9H22Si/c1-5-7(3)9(10)8(4)6-2/h7-9H,5-6H2,1-4,10H3. The van der Waals surface area contributed by atoms with Crippen molar-refractivity contribution in [3.63, 3.8) is 0 Å². The van der Waals surface area contributed by atoms with E-state index in [0.717, 1.165) is 17.4 Å². The third-order valence-corrected chi connectivity index (χ3v) is 5.36. The average Bonchev–Trinajstić information content (AvgIpc) is 2.00. The van der Waals surface area contributed by atoms with Crippen LogP contribution in [0.2, 0.25) is 5.54 Å². The van der Waals surface area contributed by atoms with Gasteiger partial charge in [0.25, 0.3) is 0 Å². The lowest BCUT2D eigenvalue weighted by Gasteiger charge is -2.23. The molecule has 0 aliphatic rings. The summed E-state index contributed by atoms with van der Waals surface area (Å²) in [6.45, 7) is 9.39. The van der Waals surface area contributed by atoms with E-state index in [-0.39, 0.29) is 0 Å². The maximum Gasteiger partial charge on any atom is 0.00740 e. The summed E-state index contributed by atoms with van der Waals surface area (Å²) < 4.78 is 0. The van der Waals surface area contributed by atoms with Crippen LogP contribution < -0.4 is 0 Å². The van der Waals surface area contributed by atoms with Crippen LogP contribution in [0.5, 0.6) is 0 Å². The van der Waals surface area contributed by atoms with Crippen molar-refractivity contribution in [2.75, 3.05) is 0 Å². The minimum atomic E-state index is 0.960. The fourth-order valence-electron chi connectivity index (χ4n) is 1.30. The van der Waals surface area contributed by atoms with Crippen molar-refractivity contribution in [3.8, 4) is 0 Å². The van der Waals surface area contributed by atoms with E-state index in [1.165, 1.54) is 23.1 Å². The van der Waals surface area contributed by atoms with E-state index in [1.54, 1.807) is 0 Å². The molecule has 0 bridgehead atoms. The molecule has 0 rings (SSSR count). The summed E-state index contributed by atoms with van der Waals surface area (Å²) in [5.41, 5.74) is 1.04. The van der Waals surface area contributed by atoms with E-state index < -0.39 is 0 Å². The molecule has 0 aromatic rings. The summed E-state index contributed by atoms with van der Waals surface area (Å²) in [7, 11) is 1.38. The van der Waals surface area contributed by atoms with E-state index in [2.05, 4.69) is 27.7 Å². The minimum absolute atomic E-state index is 0.960. The van der Waals surface area contributed by atoms with Crippen molar-refractivity contribution < 1.29 is 0 Å². The van der Waals surface area contributed by atoms with Crippen LogP contribution in [0, 0.1) is 11.8 Å². The Morgan fingerprint density at radius 2 is 1.30 bits per heavy atom. The third kappa shape index (κ3) is 2.87. The van der Waals surface area contributed by atoms with Crippen LogP contribution in [0.3, 0.4) is 0 Å². The molecule has 62 valence electrons. The first kappa shape index (κ1) is 10.2. The molecule has 10 heavy (non-hydrogen) atoms. The predicted octanol–water partition coefficient (Wildman–Crippen LogP) is 2.23. The highest BCUT2D eigenvalue weighted by molar-refractivity contribution is 6.11. The van der Waals surface area contributed by atoms with E-state index in [1.807, 2.05) is 0 Å². The third-order valence-electron chi connectivity index (χ3n) is 3.08. The molecule has 0 heterocycles. The van der Waals surface area contributed by atoms with Crippen LogP contribution in [0.4, 0.5) is 0 Å². The summed E-state index contributed by atoms with van der Waals surface area (Å²) >= 11 is 0. The zero-order chi connectivity index (χ0) is 8.15. The fourth-order valence-corrected chi connectivity index (χ4v) is 2.25. The topological polar surface area (TPSA) is 0 Å². The minimum Gasteiger partial charge on any atom is -0.0651 e. The van der Waals surface area contributed by atoms with Gasteiger partial charge in [-0.05, 0) is 17.4 Å². The van der Waals surface area contributed by atoms with Crippen LogP contribution in [0.1, 0.15) is 40.5 Å². The Balaban J connectivity index is 3.69. The molecule has 0 N–H and O–H groups in total. The normalized spacial score (nSPS) is 20.4. The molecule has 0 aliphatic heterocycles. The van der Waals surface area contributed by atoms with Gasteiger partial charge in [-0.15, -0.1) is 0 Å². The van der Waals surface area contributed by atoms with Gasteiger partial charge in [-0.1, -0.05) is 40.5 Å². The van der Waals surface area contributed by atoms with Crippen molar-refractivity contribution in [2.45, 2.75) is 46.1 Å². The first-order valence-electron chi connectivity index (χ1n) is 4.63. The Kier molecular flexibility index (Phi) is 5.05. The Morgan fingerprint density at radius 3 is 1.50 bits per heavy atom. The quantitative estimate of drug-likeness (QED) is 0.550. The molecule has 0 saturated heterocycles. The largest absolute Gasteiger partial charge is 0.0651 e. The monoisotopic (exact) mass is 158 g/mol. The molecular formula is C9H22Si. The first-order chi connectivity index (χ1) is 4.63. The first-order valence-corrected chi connectivity index (χ1v) is 5.78. The molecule has 0 radical (unpaired) electrons. The molecule has 0 saturated carbocycles. The molecule has 0 aromatic heterocycles. The number of hydrogen-bond donors (Lipinski definition) is 0. The lowest BCUT2D eigenvalue weighted by atomic mass is 9.93. The molecule has 0 fully saturated rings. The highest BCUT2D eigenvalue weighted by atomic mass is 28.1. The van der Waals surface area contributed by atoms with Crippen molar-refractivity contribution in [1.82, 2.24) is 0 Å². The van der Waals surface area contributed by atoms with Gasteiger partial charge in [0.15, 0.2) is 0 Å². The van der Waals surface area contributed by atoms with Gasteiger partial charge in [0, 0.05) is 10.2 Å². The number of hydrogen-bond acceptors (Lipinski definition) is 0. The fraction of sp³-hybridized carbons (Fsp3) is 1.00. The van der Waals surface area contributed by atoms with Crippen molar-refractivity contribution >= 4 is 10.2 Å². The zero-order valence-electron chi connectivity index (χ0n) is 8.15. The maximum absolute atomic E-state index is 2.39. The Bertz CT molecular complexity index is 70.8. The van der Waals surface area contributed by atoms with Crippen LogP contribution in [-0.4, -0.2) is 10.2 Å². The van der Waals surface area contributed by atoms with Gasteiger partial charge >= 0.3 is 0 Å². The van der Waals surface area contributed by atoms with Gasteiger partial charge in [0.2, 0.25) is 0 Å². The average molecular weight is 158 g/mol. The SMILES string of the molecule is CCC(C)C([SiH3])C(C)CC. The highest BCUT2D eigenvalue weighted by Crippen LogP contribution is 2.27. The Morgan fingerprint density at radius 1 is 1.00 bits per heavy atom. The summed E-state index contributed by atoms with van der Waals surface area (Å²) in [5.74, 6) is 1.92. The molecule has 1 heteroatoms. The lowest BCUT2D eigenvalue weighted by Crippen LogP contribution is -2.12.